The minimum atomic E-state index is -0.513. The normalized spacial score (nSPS) is 12.6. The Hall–Kier alpha value is -3.32. The molecule has 0 saturated heterocycles. The summed E-state index contributed by atoms with van der Waals surface area (Å²) in [6.07, 6.45) is 1.56. The van der Waals surface area contributed by atoms with Gasteiger partial charge in [-0.05, 0) is 62.5 Å². The Bertz CT molecular complexity index is 1440. The van der Waals surface area contributed by atoms with Crippen LogP contribution < -0.4 is 0 Å². The first kappa shape index (κ1) is 31.2. The van der Waals surface area contributed by atoms with Crippen LogP contribution in [0.1, 0.15) is 92.3 Å². The summed E-state index contributed by atoms with van der Waals surface area (Å²) in [5.74, 6) is -0.259. The number of carbonyl (C=O) groups is 2. The fraction of sp³-hybridized carbons (Fsp3) is 0.394. The van der Waals surface area contributed by atoms with E-state index in [9.17, 15) is 14.7 Å². The summed E-state index contributed by atoms with van der Waals surface area (Å²) in [7, 11) is 3.25. The number of carbonyl (C=O) groups excluding carboxylic acids is 2. The van der Waals surface area contributed by atoms with Crippen molar-refractivity contribution in [3.8, 4) is 5.75 Å². The average Bonchev–Trinajstić information content (AvgIpc) is 2.86. The van der Waals surface area contributed by atoms with Gasteiger partial charge in [0.1, 0.15) is 17.1 Å². The fourth-order valence-corrected chi connectivity index (χ4v) is 5.73. The van der Waals surface area contributed by atoms with Crippen LogP contribution >= 0.6 is 15.9 Å². The van der Waals surface area contributed by atoms with E-state index in [1.54, 1.807) is 26.2 Å². The van der Waals surface area contributed by atoms with Crippen molar-refractivity contribution in [1.29, 1.82) is 0 Å². The second-order valence-corrected chi connectivity index (χ2v) is 13.8. The Morgan fingerprint density at radius 3 is 2.05 bits per heavy atom. The fourth-order valence-electron chi connectivity index (χ4n) is 5.29. The molecule has 0 atom stereocenters. The standard InChI is InChI=1S/C33H40BrN3O3/c1-31(2,3)20-32(4,5)23-16-25(33(6,7)22-13-11-10-12-14-22)29(39)28(17-23)36-35-27-18-24(30(40)37(8)9)21(19-38)15-26(27)34/h10-19,39H,20H2,1-9H3. The van der Waals surface area contributed by atoms with Crippen molar-refractivity contribution in [2.24, 2.45) is 15.6 Å². The Kier molecular flexibility index (Phi) is 9.09. The van der Waals surface area contributed by atoms with Gasteiger partial charge < -0.3 is 10.0 Å². The van der Waals surface area contributed by atoms with E-state index in [1.807, 2.05) is 24.3 Å². The van der Waals surface area contributed by atoms with Crippen molar-refractivity contribution in [2.45, 2.75) is 65.7 Å². The Labute approximate surface area is 246 Å². The van der Waals surface area contributed by atoms with Crippen LogP contribution in [0, 0.1) is 5.41 Å². The number of hydrogen-bond acceptors (Lipinski definition) is 5. The highest BCUT2D eigenvalue weighted by molar-refractivity contribution is 9.10. The number of hydrogen-bond donors (Lipinski definition) is 1. The lowest BCUT2D eigenvalue weighted by molar-refractivity contribution is 0.0824. The second kappa shape index (κ2) is 11.7. The molecule has 3 aromatic carbocycles. The van der Waals surface area contributed by atoms with Gasteiger partial charge in [0.15, 0.2) is 6.29 Å². The molecule has 0 aromatic heterocycles. The lowest BCUT2D eigenvalue weighted by Crippen LogP contribution is -2.26. The maximum atomic E-state index is 12.7. The maximum absolute atomic E-state index is 12.7. The van der Waals surface area contributed by atoms with Crippen LogP contribution in [0.15, 0.2) is 69.3 Å². The molecule has 0 bridgehead atoms. The third-order valence-electron chi connectivity index (χ3n) is 7.16. The minimum Gasteiger partial charge on any atom is -0.505 e. The third kappa shape index (κ3) is 6.87. The van der Waals surface area contributed by atoms with E-state index in [4.69, 9.17) is 0 Å². The number of aldehydes is 1. The topological polar surface area (TPSA) is 82.3 Å². The summed E-state index contributed by atoms with van der Waals surface area (Å²) in [5, 5.41) is 20.5. The van der Waals surface area contributed by atoms with Gasteiger partial charge in [-0.2, -0.15) is 0 Å². The number of rotatable bonds is 8. The summed E-state index contributed by atoms with van der Waals surface area (Å²) >= 11 is 3.46. The van der Waals surface area contributed by atoms with Crippen LogP contribution in [0.4, 0.5) is 11.4 Å². The molecule has 0 aliphatic carbocycles. The number of nitrogens with zero attached hydrogens (tertiary/aromatic N) is 3. The van der Waals surface area contributed by atoms with Crippen molar-refractivity contribution in [3.05, 3.63) is 86.9 Å². The first-order valence-electron chi connectivity index (χ1n) is 13.3. The molecule has 212 valence electrons. The lowest BCUT2D eigenvalue weighted by atomic mass is 9.70. The van der Waals surface area contributed by atoms with Crippen LogP contribution in [0.3, 0.4) is 0 Å². The number of halogens is 1. The van der Waals surface area contributed by atoms with E-state index in [0.717, 1.165) is 23.1 Å². The molecule has 6 nitrogen and oxygen atoms in total. The number of phenols is 1. The number of amides is 1. The Morgan fingerprint density at radius 1 is 0.900 bits per heavy atom. The smallest absolute Gasteiger partial charge is 0.254 e. The Balaban J connectivity index is 2.24. The monoisotopic (exact) mass is 605 g/mol. The van der Waals surface area contributed by atoms with Gasteiger partial charge in [-0.1, -0.05) is 84.9 Å². The largest absolute Gasteiger partial charge is 0.505 e. The van der Waals surface area contributed by atoms with Crippen LogP contribution in [-0.2, 0) is 10.8 Å². The molecular weight excluding hydrogens is 566 g/mol. The van der Waals surface area contributed by atoms with Gasteiger partial charge in [0, 0.05) is 35.1 Å². The van der Waals surface area contributed by atoms with Gasteiger partial charge in [0.2, 0.25) is 0 Å². The van der Waals surface area contributed by atoms with Gasteiger partial charge >= 0.3 is 0 Å². The molecule has 0 heterocycles. The van der Waals surface area contributed by atoms with E-state index < -0.39 is 5.41 Å². The first-order valence-corrected chi connectivity index (χ1v) is 14.1. The van der Waals surface area contributed by atoms with Crippen molar-refractivity contribution in [1.82, 2.24) is 4.90 Å². The number of benzene rings is 3. The lowest BCUT2D eigenvalue weighted by Gasteiger charge is -2.35. The third-order valence-corrected chi connectivity index (χ3v) is 7.80. The van der Waals surface area contributed by atoms with Crippen LogP contribution in [0.25, 0.3) is 0 Å². The SMILES string of the molecule is CN(C)C(=O)c1cc(N=Nc2cc(C(C)(C)CC(C)(C)C)cc(C(C)(C)c3ccccc3)c2O)c(Br)cc1C=O. The molecule has 40 heavy (non-hydrogen) atoms. The molecule has 0 saturated carbocycles. The molecule has 1 amide bonds. The van der Waals surface area contributed by atoms with E-state index in [2.05, 4.69) is 92.8 Å². The number of aromatic hydroxyl groups is 1. The molecule has 0 fully saturated rings. The van der Waals surface area contributed by atoms with Crippen molar-refractivity contribution in [2.75, 3.05) is 14.1 Å². The number of azo groups is 1. The molecule has 0 radical (unpaired) electrons. The maximum Gasteiger partial charge on any atom is 0.254 e. The zero-order chi connectivity index (χ0) is 30.0. The average molecular weight is 607 g/mol. The molecule has 7 heteroatoms. The van der Waals surface area contributed by atoms with Gasteiger partial charge in [0.25, 0.3) is 5.91 Å². The van der Waals surface area contributed by atoms with Crippen molar-refractivity contribution < 1.29 is 14.7 Å². The van der Waals surface area contributed by atoms with Crippen molar-refractivity contribution >= 4 is 39.5 Å². The minimum absolute atomic E-state index is 0.0538. The Morgan fingerprint density at radius 2 is 1.50 bits per heavy atom. The van der Waals surface area contributed by atoms with Gasteiger partial charge in [0.05, 0.1) is 5.56 Å². The quantitative estimate of drug-likeness (QED) is 0.205. The molecule has 3 aromatic rings. The summed E-state index contributed by atoms with van der Waals surface area (Å²) in [5.41, 5.74) is 3.42. The van der Waals surface area contributed by atoms with E-state index >= 15 is 0 Å². The van der Waals surface area contributed by atoms with E-state index in [-0.39, 0.29) is 33.6 Å². The van der Waals surface area contributed by atoms with E-state index in [1.165, 1.54) is 4.90 Å². The van der Waals surface area contributed by atoms with Crippen LogP contribution in [-0.4, -0.2) is 36.3 Å². The molecule has 0 spiro atoms. The predicted octanol–water partition coefficient (Wildman–Crippen LogP) is 9.12. The highest BCUT2D eigenvalue weighted by Crippen LogP contribution is 2.47. The second-order valence-electron chi connectivity index (χ2n) is 12.9. The molecule has 1 N–H and O–H groups in total. The van der Waals surface area contributed by atoms with Gasteiger partial charge in [-0.15, -0.1) is 10.2 Å². The zero-order valence-electron chi connectivity index (χ0n) is 25.0. The van der Waals surface area contributed by atoms with Gasteiger partial charge in [-0.3, -0.25) is 9.59 Å². The molecule has 0 aliphatic heterocycles. The molecule has 3 rings (SSSR count). The molecule has 0 aliphatic rings. The van der Waals surface area contributed by atoms with Crippen molar-refractivity contribution in [3.63, 3.8) is 0 Å². The molecular formula is C33H40BrN3O3. The number of phenolic OH excluding ortho intramolecular Hbond substituents is 1. The predicted molar refractivity (Wildman–Crippen MR) is 165 cm³/mol. The van der Waals surface area contributed by atoms with E-state index in [0.29, 0.717) is 22.1 Å². The summed E-state index contributed by atoms with van der Waals surface area (Å²) in [6.45, 7) is 15.3. The highest BCUT2D eigenvalue weighted by atomic mass is 79.9. The van der Waals surface area contributed by atoms with Gasteiger partial charge in [-0.25, -0.2) is 0 Å². The summed E-state index contributed by atoms with van der Waals surface area (Å²) in [6, 6.07) is 17.2. The molecule has 0 unspecified atom stereocenters. The highest BCUT2D eigenvalue weighted by Gasteiger charge is 2.33. The summed E-state index contributed by atoms with van der Waals surface area (Å²) in [4.78, 5) is 25.8. The van der Waals surface area contributed by atoms with Crippen LogP contribution in [0.5, 0.6) is 5.75 Å². The summed E-state index contributed by atoms with van der Waals surface area (Å²) < 4.78 is 0.516. The van der Waals surface area contributed by atoms with Crippen LogP contribution in [0.2, 0.25) is 0 Å². The first-order chi connectivity index (χ1) is 18.5. The zero-order valence-corrected chi connectivity index (χ0v) is 26.5.